The van der Waals surface area contributed by atoms with Gasteiger partial charge in [0.2, 0.25) is 0 Å². The van der Waals surface area contributed by atoms with Crippen LogP contribution in [0.5, 0.6) is 5.75 Å². The second-order valence-corrected chi connectivity index (χ2v) is 5.49. The zero-order chi connectivity index (χ0) is 15.4. The highest BCUT2D eigenvalue weighted by Gasteiger charge is 2.36. The van der Waals surface area contributed by atoms with Crippen LogP contribution in [0, 0.1) is 12.8 Å². The highest BCUT2D eigenvalue weighted by molar-refractivity contribution is 5.82. The number of hydrogen-bond donors (Lipinski definition) is 2. The molecule has 1 fully saturated rings. The second kappa shape index (κ2) is 6.61. The van der Waals surface area contributed by atoms with E-state index in [9.17, 15) is 9.59 Å². The minimum absolute atomic E-state index is 0.0480. The molecule has 1 aliphatic carbocycles. The van der Waals surface area contributed by atoms with Crippen LogP contribution in [-0.4, -0.2) is 29.1 Å². The van der Waals surface area contributed by atoms with Crippen LogP contribution in [0.4, 0.5) is 0 Å². The number of rotatable bonds is 6. The molecule has 1 aliphatic rings. The van der Waals surface area contributed by atoms with E-state index in [4.69, 9.17) is 9.84 Å². The SMILES string of the molecule is CCC(Oc1ccccc1C)C(=O)NC1CC(C(=O)O)C1. The molecule has 0 bridgehead atoms. The quantitative estimate of drug-likeness (QED) is 0.842. The maximum Gasteiger partial charge on any atom is 0.306 e. The molecule has 1 aromatic rings. The number of carboxylic acid groups (broad SMARTS) is 1. The van der Waals surface area contributed by atoms with E-state index < -0.39 is 12.1 Å². The summed E-state index contributed by atoms with van der Waals surface area (Å²) in [5.41, 5.74) is 0.985. The Balaban J connectivity index is 1.88. The van der Waals surface area contributed by atoms with Gasteiger partial charge in [0.05, 0.1) is 5.92 Å². The average Bonchev–Trinajstić information content (AvgIpc) is 2.40. The molecule has 1 amide bonds. The van der Waals surface area contributed by atoms with Crippen molar-refractivity contribution in [2.24, 2.45) is 5.92 Å². The Bertz CT molecular complexity index is 523. The standard InChI is InChI=1S/C16H21NO4/c1-3-13(21-14-7-5-4-6-10(14)2)15(18)17-12-8-11(9-12)16(19)20/h4-7,11-13H,3,8-9H2,1-2H3,(H,17,18)(H,19,20). The number of ether oxygens (including phenoxy) is 1. The smallest absolute Gasteiger partial charge is 0.306 e. The molecule has 0 aromatic heterocycles. The summed E-state index contributed by atoms with van der Waals surface area (Å²) in [4.78, 5) is 22.9. The van der Waals surface area contributed by atoms with E-state index in [1.54, 1.807) is 0 Å². The van der Waals surface area contributed by atoms with E-state index in [0.29, 0.717) is 25.0 Å². The maximum absolute atomic E-state index is 12.2. The molecular weight excluding hydrogens is 270 g/mol. The van der Waals surface area contributed by atoms with Gasteiger partial charge in [0.15, 0.2) is 6.10 Å². The molecule has 0 heterocycles. The summed E-state index contributed by atoms with van der Waals surface area (Å²) in [6.45, 7) is 3.83. The van der Waals surface area contributed by atoms with Crippen LogP contribution >= 0.6 is 0 Å². The van der Waals surface area contributed by atoms with Crippen LogP contribution in [0.1, 0.15) is 31.7 Å². The number of amides is 1. The highest BCUT2D eigenvalue weighted by Crippen LogP contribution is 2.27. The minimum Gasteiger partial charge on any atom is -0.481 e. The third-order valence-corrected chi connectivity index (χ3v) is 3.86. The van der Waals surface area contributed by atoms with Gasteiger partial charge in [0, 0.05) is 6.04 Å². The molecule has 1 unspecified atom stereocenters. The molecule has 1 saturated carbocycles. The van der Waals surface area contributed by atoms with E-state index in [0.717, 1.165) is 5.56 Å². The van der Waals surface area contributed by atoms with Gasteiger partial charge in [-0.15, -0.1) is 0 Å². The number of aryl methyl sites for hydroxylation is 1. The van der Waals surface area contributed by atoms with E-state index in [1.165, 1.54) is 0 Å². The summed E-state index contributed by atoms with van der Waals surface area (Å²) >= 11 is 0. The zero-order valence-corrected chi connectivity index (χ0v) is 12.3. The van der Waals surface area contributed by atoms with Gasteiger partial charge in [-0.1, -0.05) is 25.1 Å². The van der Waals surface area contributed by atoms with Gasteiger partial charge < -0.3 is 15.2 Å². The number of hydrogen-bond acceptors (Lipinski definition) is 3. The first kappa shape index (κ1) is 15.4. The van der Waals surface area contributed by atoms with Crippen LogP contribution in [0.2, 0.25) is 0 Å². The van der Waals surface area contributed by atoms with Gasteiger partial charge in [-0.25, -0.2) is 0 Å². The lowest BCUT2D eigenvalue weighted by atomic mass is 9.80. The third kappa shape index (κ3) is 3.74. The molecule has 114 valence electrons. The van der Waals surface area contributed by atoms with Crippen LogP contribution in [0.25, 0.3) is 0 Å². The molecule has 5 heteroatoms. The van der Waals surface area contributed by atoms with Crippen molar-refractivity contribution in [1.82, 2.24) is 5.32 Å². The lowest BCUT2D eigenvalue weighted by Gasteiger charge is -2.33. The number of aliphatic carboxylic acids is 1. The highest BCUT2D eigenvalue weighted by atomic mass is 16.5. The molecule has 21 heavy (non-hydrogen) atoms. The summed E-state index contributed by atoms with van der Waals surface area (Å²) in [5, 5.41) is 11.7. The zero-order valence-electron chi connectivity index (χ0n) is 12.3. The summed E-state index contributed by atoms with van der Waals surface area (Å²) in [7, 11) is 0. The largest absolute Gasteiger partial charge is 0.481 e. The fraction of sp³-hybridized carbons (Fsp3) is 0.500. The molecular formula is C16H21NO4. The number of nitrogens with one attached hydrogen (secondary N) is 1. The van der Waals surface area contributed by atoms with Crippen molar-refractivity contribution in [2.45, 2.75) is 45.3 Å². The van der Waals surface area contributed by atoms with Crippen LogP contribution in [0.15, 0.2) is 24.3 Å². The maximum atomic E-state index is 12.2. The number of para-hydroxylation sites is 1. The average molecular weight is 291 g/mol. The van der Waals surface area contributed by atoms with Gasteiger partial charge in [0.25, 0.3) is 5.91 Å². The van der Waals surface area contributed by atoms with Crippen LogP contribution in [0.3, 0.4) is 0 Å². The molecule has 0 radical (unpaired) electrons. The lowest BCUT2D eigenvalue weighted by Crippen LogP contribution is -2.50. The Morgan fingerprint density at radius 3 is 2.62 bits per heavy atom. The van der Waals surface area contributed by atoms with Crippen molar-refractivity contribution >= 4 is 11.9 Å². The molecule has 2 N–H and O–H groups in total. The Kier molecular flexibility index (Phi) is 4.83. The van der Waals surface area contributed by atoms with Crippen molar-refractivity contribution < 1.29 is 19.4 Å². The van der Waals surface area contributed by atoms with Crippen molar-refractivity contribution in [3.05, 3.63) is 29.8 Å². The number of carboxylic acids is 1. The van der Waals surface area contributed by atoms with Crippen molar-refractivity contribution in [3.63, 3.8) is 0 Å². The number of benzene rings is 1. The molecule has 0 saturated heterocycles. The van der Waals surface area contributed by atoms with Crippen molar-refractivity contribution in [1.29, 1.82) is 0 Å². The van der Waals surface area contributed by atoms with Gasteiger partial charge in [0.1, 0.15) is 5.75 Å². The number of carbonyl (C=O) groups excluding carboxylic acids is 1. The predicted molar refractivity (Wildman–Crippen MR) is 78.2 cm³/mol. The molecule has 0 spiro atoms. The molecule has 0 aliphatic heterocycles. The van der Waals surface area contributed by atoms with Gasteiger partial charge in [-0.05, 0) is 37.8 Å². The van der Waals surface area contributed by atoms with E-state index in [2.05, 4.69) is 5.32 Å². The topological polar surface area (TPSA) is 75.6 Å². The normalized spacial score (nSPS) is 22.0. The summed E-state index contributed by atoms with van der Waals surface area (Å²) < 4.78 is 5.77. The van der Waals surface area contributed by atoms with Gasteiger partial charge in [-0.3, -0.25) is 9.59 Å². The molecule has 2 rings (SSSR count). The molecule has 1 aromatic carbocycles. The van der Waals surface area contributed by atoms with E-state index in [-0.39, 0.29) is 17.9 Å². The third-order valence-electron chi connectivity index (χ3n) is 3.86. The second-order valence-electron chi connectivity index (χ2n) is 5.49. The first-order valence-corrected chi connectivity index (χ1v) is 7.26. The lowest BCUT2D eigenvalue weighted by molar-refractivity contribution is -0.146. The minimum atomic E-state index is -0.788. The fourth-order valence-corrected chi connectivity index (χ4v) is 2.40. The Morgan fingerprint density at radius 1 is 1.38 bits per heavy atom. The fourth-order valence-electron chi connectivity index (χ4n) is 2.40. The van der Waals surface area contributed by atoms with E-state index >= 15 is 0 Å². The number of carbonyl (C=O) groups is 2. The monoisotopic (exact) mass is 291 g/mol. The first-order valence-electron chi connectivity index (χ1n) is 7.26. The van der Waals surface area contributed by atoms with Gasteiger partial charge in [-0.2, -0.15) is 0 Å². The summed E-state index contributed by atoms with van der Waals surface area (Å²) in [6.07, 6.45) is 1.02. The summed E-state index contributed by atoms with van der Waals surface area (Å²) in [6, 6.07) is 7.52. The molecule has 5 nitrogen and oxygen atoms in total. The van der Waals surface area contributed by atoms with E-state index in [1.807, 2.05) is 38.1 Å². The Hall–Kier alpha value is -2.04. The Labute approximate surface area is 124 Å². The van der Waals surface area contributed by atoms with Gasteiger partial charge >= 0.3 is 5.97 Å². The van der Waals surface area contributed by atoms with Crippen molar-refractivity contribution in [2.75, 3.05) is 0 Å². The predicted octanol–water partition coefficient (Wildman–Crippen LogP) is 2.13. The summed E-state index contributed by atoms with van der Waals surface area (Å²) in [5.74, 6) is -0.581. The molecule has 1 atom stereocenters. The van der Waals surface area contributed by atoms with Crippen LogP contribution in [-0.2, 0) is 9.59 Å². The first-order chi connectivity index (χ1) is 10.0. The van der Waals surface area contributed by atoms with Crippen molar-refractivity contribution in [3.8, 4) is 5.75 Å². The van der Waals surface area contributed by atoms with Crippen LogP contribution < -0.4 is 10.1 Å². The Morgan fingerprint density at radius 2 is 2.05 bits per heavy atom.